The molecule has 1 aromatic rings. The van der Waals surface area contributed by atoms with E-state index in [1.807, 2.05) is 0 Å². The molecule has 3 atom stereocenters. The van der Waals surface area contributed by atoms with E-state index in [9.17, 15) is 9.90 Å². The summed E-state index contributed by atoms with van der Waals surface area (Å²) >= 11 is 7.83. The zero-order chi connectivity index (χ0) is 16.6. The fourth-order valence-corrected chi connectivity index (χ4v) is 5.16. The number of hydrogen-bond acceptors (Lipinski definition) is 6. The molecule has 1 aromatic heterocycles. The molecule has 2 aliphatic rings. The number of piperidine rings is 1. The molecule has 3 rings (SSSR count). The molecule has 0 amide bonds. The SMILES string of the molecule is COC(=O)[C@H](O)CN1CC[C@]2(C[C@@H]1C)OCCc1cc(Cl)sc12. The molecule has 7 heteroatoms. The number of esters is 1. The maximum absolute atomic E-state index is 11.4. The molecule has 23 heavy (non-hydrogen) atoms. The van der Waals surface area contributed by atoms with Gasteiger partial charge in [0.05, 0.1) is 18.1 Å². The largest absolute Gasteiger partial charge is 0.467 e. The number of methoxy groups -OCH3 is 1. The monoisotopic (exact) mass is 359 g/mol. The predicted molar refractivity (Wildman–Crippen MR) is 89.0 cm³/mol. The van der Waals surface area contributed by atoms with Crippen molar-refractivity contribution in [3.05, 3.63) is 20.8 Å². The molecule has 1 fully saturated rings. The van der Waals surface area contributed by atoms with E-state index in [-0.39, 0.29) is 11.6 Å². The summed E-state index contributed by atoms with van der Waals surface area (Å²) in [5, 5.41) is 9.89. The van der Waals surface area contributed by atoms with Crippen LogP contribution < -0.4 is 0 Å². The van der Waals surface area contributed by atoms with E-state index >= 15 is 0 Å². The number of fused-ring (bicyclic) bond motifs is 2. The normalized spacial score (nSPS) is 29.3. The van der Waals surface area contributed by atoms with E-state index in [1.54, 1.807) is 11.3 Å². The summed E-state index contributed by atoms with van der Waals surface area (Å²) in [7, 11) is 1.29. The molecular formula is C16H22ClNO4S. The molecule has 0 aromatic carbocycles. The van der Waals surface area contributed by atoms with Crippen LogP contribution in [0.15, 0.2) is 6.07 Å². The molecule has 2 aliphatic heterocycles. The summed E-state index contributed by atoms with van der Waals surface area (Å²) in [6.45, 7) is 3.89. The lowest BCUT2D eigenvalue weighted by Gasteiger charge is -2.47. The van der Waals surface area contributed by atoms with Crippen LogP contribution in [-0.4, -0.2) is 54.9 Å². The number of carbonyl (C=O) groups excluding carboxylic acids is 1. The van der Waals surface area contributed by atoms with Gasteiger partial charge in [-0.2, -0.15) is 0 Å². The first-order valence-electron chi connectivity index (χ1n) is 7.88. The highest BCUT2D eigenvalue weighted by atomic mass is 35.5. The van der Waals surface area contributed by atoms with Crippen LogP contribution in [0.4, 0.5) is 0 Å². The lowest BCUT2D eigenvalue weighted by Crippen LogP contribution is -2.52. The summed E-state index contributed by atoms with van der Waals surface area (Å²) in [6, 6.07) is 2.26. The van der Waals surface area contributed by atoms with Crippen molar-refractivity contribution in [3.8, 4) is 0 Å². The van der Waals surface area contributed by atoms with Crippen molar-refractivity contribution in [1.29, 1.82) is 0 Å². The highest BCUT2D eigenvalue weighted by molar-refractivity contribution is 7.16. The predicted octanol–water partition coefficient (Wildman–Crippen LogP) is 2.19. The van der Waals surface area contributed by atoms with Crippen LogP contribution in [0.25, 0.3) is 0 Å². The second-order valence-electron chi connectivity index (χ2n) is 6.33. The van der Waals surface area contributed by atoms with Crippen LogP contribution in [0, 0.1) is 0 Å². The average molecular weight is 360 g/mol. The fraction of sp³-hybridized carbons (Fsp3) is 0.688. The second-order valence-corrected chi connectivity index (χ2v) is 8.02. The summed E-state index contributed by atoms with van der Waals surface area (Å²) in [5.74, 6) is -0.585. The molecule has 5 nitrogen and oxygen atoms in total. The standard InChI is InChI=1S/C16H22ClNO4S/c1-10-8-16(4-5-18(10)9-12(19)15(20)21-2)14-11(3-6-22-16)7-13(17)23-14/h7,10,12,19H,3-6,8-9H2,1-2H3/t10-,12+,16+/m0/s1. The number of halogens is 1. The maximum atomic E-state index is 11.4. The third-order valence-corrected chi connectivity index (χ3v) is 6.37. The van der Waals surface area contributed by atoms with Crippen molar-refractivity contribution in [1.82, 2.24) is 4.90 Å². The summed E-state index contributed by atoms with van der Waals surface area (Å²) in [6.07, 6.45) is 1.50. The van der Waals surface area contributed by atoms with Crippen molar-refractivity contribution in [2.45, 2.75) is 43.9 Å². The van der Waals surface area contributed by atoms with Gasteiger partial charge in [0.15, 0.2) is 6.10 Å². The van der Waals surface area contributed by atoms with E-state index in [0.717, 1.165) is 36.8 Å². The summed E-state index contributed by atoms with van der Waals surface area (Å²) in [5.41, 5.74) is 1.04. The van der Waals surface area contributed by atoms with Gasteiger partial charge in [0.25, 0.3) is 0 Å². The zero-order valence-corrected chi connectivity index (χ0v) is 15.0. The molecule has 3 heterocycles. The molecular weight excluding hydrogens is 338 g/mol. The molecule has 0 aliphatic carbocycles. The van der Waals surface area contributed by atoms with Gasteiger partial charge in [-0.05, 0) is 37.8 Å². The number of hydrogen-bond donors (Lipinski definition) is 1. The first-order chi connectivity index (χ1) is 10.9. The highest BCUT2D eigenvalue weighted by Crippen LogP contribution is 2.47. The Labute approximate surface area is 145 Å². The number of thiophene rings is 1. The molecule has 0 saturated carbocycles. The molecule has 0 bridgehead atoms. The number of aliphatic hydroxyl groups is 1. The van der Waals surface area contributed by atoms with Crippen LogP contribution in [0.2, 0.25) is 4.34 Å². The Hall–Kier alpha value is -0.660. The lowest BCUT2D eigenvalue weighted by atomic mass is 9.82. The Morgan fingerprint density at radius 2 is 2.48 bits per heavy atom. The third-order valence-electron chi connectivity index (χ3n) is 4.87. The van der Waals surface area contributed by atoms with Gasteiger partial charge in [0.1, 0.15) is 5.60 Å². The molecule has 1 spiro atoms. The van der Waals surface area contributed by atoms with Crippen molar-refractivity contribution in [2.24, 2.45) is 0 Å². The van der Waals surface area contributed by atoms with Gasteiger partial charge in [-0.1, -0.05) is 11.6 Å². The molecule has 128 valence electrons. The number of aliphatic hydroxyl groups excluding tert-OH is 1. The number of rotatable bonds is 3. The Morgan fingerprint density at radius 1 is 1.70 bits per heavy atom. The van der Waals surface area contributed by atoms with Crippen LogP contribution >= 0.6 is 22.9 Å². The minimum absolute atomic E-state index is 0.204. The van der Waals surface area contributed by atoms with Crippen LogP contribution in [-0.2, 0) is 26.3 Å². The van der Waals surface area contributed by atoms with Gasteiger partial charge in [-0.25, -0.2) is 4.79 Å². The number of ether oxygens (including phenoxy) is 2. The van der Waals surface area contributed by atoms with Crippen LogP contribution in [0.1, 0.15) is 30.2 Å². The molecule has 1 saturated heterocycles. The molecule has 0 unspecified atom stereocenters. The first kappa shape index (κ1) is 17.2. The number of carbonyl (C=O) groups is 1. The molecule has 1 N–H and O–H groups in total. The lowest BCUT2D eigenvalue weighted by molar-refractivity contribution is -0.153. The van der Waals surface area contributed by atoms with Crippen molar-refractivity contribution >= 4 is 28.9 Å². The quantitative estimate of drug-likeness (QED) is 0.838. The smallest absolute Gasteiger partial charge is 0.336 e. The van der Waals surface area contributed by atoms with Gasteiger partial charge in [-0.3, -0.25) is 4.90 Å². The maximum Gasteiger partial charge on any atom is 0.336 e. The van der Waals surface area contributed by atoms with Crippen molar-refractivity contribution in [2.75, 3.05) is 26.8 Å². The van der Waals surface area contributed by atoms with Crippen molar-refractivity contribution < 1.29 is 19.4 Å². The summed E-state index contributed by atoms with van der Waals surface area (Å²) < 4.78 is 11.6. The summed E-state index contributed by atoms with van der Waals surface area (Å²) in [4.78, 5) is 14.8. The Morgan fingerprint density at radius 3 is 3.17 bits per heavy atom. The number of β-amino-alcohol motifs (C(OH)–C–C–N with tert-alkyl or cyclic N) is 1. The van der Waals surface area contributed by atoms with Crippen LogP contribution in [0.5, 0.6) is 0 Å². The van der Waals surface area contributed by atoms with E-state index in [1.165, 1.54) is 17.6 Å². The van der Waals surface area contributed by atoms with E-state index in [2.05, 4.69) is 22.6 Å². The van der Waals surface area contributed by atoms with Crippen LogP contribution in [0.3, 0.4) is 0 Å². The topological polar surface area (TPSA) is 59.0 Å². The van der Waals surface area contributed by atoms with Gasteiger partial charge in [0, 0.05) is 24.0 Å². The second kappa shape index (κ2) is 6.69. The minimum atomic E-state index is -1.10. The highest BCUT2D eigenvalue weighted by Gasteiger charge is 2.45. The van der Waals surface area contributed by atoms with Gasteiger partial charge >= 0.3 is 5.97 Å². The van der Waals surface area contributed by atoms with E-state index in [0.29, 0.717) is 6.54 Å². The average Bonchev–Trinajstić information content (AvgIpc) is 2.91. The Bertz CT molecular complexity index is 593. The Kier molecular flexibility index (Phi) is 4.99. The zero-order valence-electron chi connectivity index (χ0n) is 13.4. The van der Waals surface area contributed by atoms with E-state index < -0.39 is 12.1 Å². The number of nitrogens with zero attached hydrogens (tertiary/aromatic N) is 1. The van der Waals surface area contributed by atoms with E-state index in [4.69, 9.17) is 16.3 Å². The number of likely N-dealkylation sites (tertiary alicyclic amines) is 1. The first-order valence-corrected chi connectivity index (χ1v) is 9.07. The molecule has 0 radical (unpaired) electrons. The van der Waals surface area contributed by atoms with Gasteiger partial charge in [0.2, 0.25) is 0 Å². The van der Waals surface area contributed by atoms with Gasteiger partial charge in [-0.15, -0.1) is 11.3 Å². The minimum Gasteiger partial charge on any atom is -0.467 e. The van der Waals surface area contributed by atoms with Crippen molar-refractivity contribution in [3.63, 3.8) is 0 Å². The third kappa shape index (κ3) is 3.28. The van der Waals surface area contributed by atoms with Gasteiger partial charge < -0.3 is 14.6 Å². The fourth-order valence-electron chi connectivity index (χ4n) is 3.68. The Balaban J connectivity index is 1.73.